The van der Waals surface area contributed by atoms with Crippen molar-refractivity contribution in [2.24, 2.45) is 11.8 Å². The molecule has 2 rings (SSSR count). The molecule has 1 aliphatic rings. The van der Waals surface area contributed by atoms with Gasteiger partial charge in [-0.05, 0) is 36.0 Å². The van der Waals surface area contributed by atoms with Crippen molar-refractivity contribution in [3.63, 3.8) is 0 Å². The lowest BCUT2D eigenvalue weighted by Gasteiger charge is -2.29. The SMILES string of the molecule is CCC1NC(c2cccc(F)c2)N(CC(C)C(C)C)C1=O. The Morgan fingerprint density at radius 2 is 2.05 bits per heavy atom. The number of halogens is 1. The van der Waals surface area contributed by atoms with Gasteiger partial charge >= 0.3 is 0 Å². The monoisotopic (exact) mass is 292 g/mol. The van der Waals surface area contributed by atoms with Gasteiger partial charge in [0.2, 0.25) is 5.91 Å². The van der Waals surface area contributed by atoms with E-state index in [0.717, 1.165) is 12.0 Å². The molecule has 1 amide bonds. The summed E-state index contributed by atoms with van der Waals surface area (Å²) in [5.74, 6) is 0.770. The van der Waals surface area contributed by atoms with E-state index in [0.29, 0.717) is 18.4 Å². The molecule has 0 spiro atoms. The van der Waals surface area contributed by atoms with Gasteiger partial charge < -0.3 is 4.90 Å². The molecule has 3 nitrogen and oxygen atoms in total. The van der Waals surface area contributed by atoms with Gasteiger partial charge in [0.05, 0.1) is 6.04 Å². The van der Waals surface area contributed by atoms with Crippen LogP contribution in [0.1, 0.15) is 45.8 Å². The lowest BCUT2D eigenvalue weighted by Crippen LogP contribution is -2.36. The molecule has 0 aliphatic carbocycles. The number of nitrogens with one attached hydrogen (secondary N) is 1. The van der Waals surface area contributed by atoms with Crippen molar-refractivity contribution in [1.29, 1.82) is 0 Å². The van der Waals surface area contributed by atoms with Crippen molar-refractivity contribution in [2.75, 3.05) is 6.54 Å². The summed E-state index contributed by atoms with van der Waals surface area (Å²) in [6, 6.07) is 6.34. The minimum Gasteiger partial charge on any atom is -0.321 e. The number of hydrogen-bond donors (Lipinski definition) is 1. The fourth-order valence-corrected chi connectivity index (χ4v) is 2.64. The van der Waals surface area contributed by atoms with Crippen LogP contribution >= 0.6 is 0 Å². The normalized spacial score (nSPS) is 23.9. The second kappa shape index (κ2) is 6.56. The summed E-state index contributed by atoms with van der Waals surface area (Å²) in [7, 11) is 0. The van der Waals surface area contributed by atoms with Crippen LogP contribution in [0.2, 0.25) is 0 Å². The Morgan fingerprint density at radius 3 is 2.62 bits per heavy atom. The van der Waals surface area contributed by atoms with Gasteiger partial charge in [0.25, 0.3) is 0 Å². The van der Waals surface area contributed by atoms with Gasteiger partial charge in [-0.2, -0.15) is 0 Å². The zero-order valence-electron chi connectivity index (χ0n) is 13.3. The van der Waals surface area contributed by atoms with Crippen molar-refractivity contribution in [2.45, 2.75) is 46.3 Å². The second-order valence-corrected chi connectivity index (χ2v) is 6.30. The van der Waals surface area contributed by atoms with Gasteiger partial charge in [-0.25, -0.2) is 4.39 Å². The lowest BCUT2D eigenvalue weighted by atomic mass is 9.97. The van der Waals surface area contributed by atoms with Crippen LogP contribution in [-0.2, 0) is 4.79 Å². The van der Waals surface area contributed by atoms with Crippen LogP contribution in [0.4, 0.5) is 4.39 Å². The van der Waals surface area contributed by atoms with E-state index in [1.165, 1.54) is 12.1 Å². The average Bonchev–Trinajstić information content (AvgIpc) is 2.75. The quantitative estimate of drug-likeness (QED) is 0.903. The van der Waals surface area contributed by atoms with Crippen LogP contribution < -0.4 is 5.32 Å². The molecule has 0 radical (unpaired) electrons. The molecule has 1 aromatic rings. The molecule has 116 valence electrons. The Hall–Kier alpha value is -1.42. The molecular formula is C17H25FN2O. The molecule has 1 N–H and O–H groups in total. The summed E-state index contributed by atoms with van der Waals surface area (Å²) in [6.45, 7) is 9.16. The third-order valence-electron chi connectivity index (χ3n) is 4.45. The number of carbonyl (C=O) groups is 1. The predicted molar refractivity (Wildman–Crippen MR) is 82.1 cm³/mol. The molecule has 3 unspecified atom stereocenters. The molecule has 1 fully saturated rings. The van der Waals surface area contributed by atoms with Crippen LogP contribution in [0.3, 0.4) is 0 Å². The third kappa shape index (κ3) is 3.43. The zero-order valence-corrected chi connectivity index (χ0v) is 13.3. The highest BCUT2D eigenvalue weighted by atomic mass is 19.1. The van der Waals surface area contributed by atoms with Crippen LogP contribution in [-0.4, -0.2) is 23.4 Å². The Balaban J connectivity index is 2.26. The van der Waals surface area contributed by atoms with Crippen molar-refractivity contribution in [3.05, 3.63) is 35.6 Å². The van der Waals surface area contributed by atoms with Crippen molar-refractivity contribution >= 4 is 5.91 Å². The van der Waals surface area contributed by atoms with Gasteiger partial charge in [-0.1, -0.05) is 39.8 Å². The molecule has 0 aromatic heterocycles. The van der Waals surface area contributed by atoms with E-state index in [-0.39, 0.29) is 23.9 Å². The fraction of sp³-hybridized carbons (Fsp3) is 0.588. The molecular weight excluding hydrogens is 267 g/mol. The van der Waals surface area contributed by atoms with Crippen LogP contribution in [0, 0.1) is 17.7 Å². The first-order chi connectivity index (χ1) is 9.93. The molecule has 21 heavy (non-hydrogen) atoms. The summed E-state index contributed by atoms with van der Waals surface area (Å²) in [5.41, 5.74) is 0.815. The number of nitrogens with zero attached hydrogens (tertiary/aromatic N) is 1. The van der Waals surface area contributed by atoms with E-state index in [2.05, 4.69) is 26.1 Å². The Kier molecular flexibility index (Phi) is 4.99. The summed E-state index contributed by atoms with van der Waals surface area (Å²) >= 11 is 0. The molecule has 1 aromatic carbocycles. The topological polar surface area (TPSA) is 32.3 Å². The predicted octanol–water partition coefficient (Wildman–Crippen LogP) is 3.33. The van der Waals surface area contributed by atoms with E-state index >= 15 is 0 Å². The third-order valence-corrected chi connectivity index (χ3v) is 4.45. The number of amides is 1. The average molecular weight is 292 g/mol. The largest absolute Gasteiger partial charge is 0.321 e. The highest BCUT2D eigenvalue weighted by molar-refractivity contribution is 5.84. The van der Waals surface area contributed by atoms with Crippen molar-refractivity contribution in [1.82, 2.24) is 10.2 Å². The fourth-order valence-electron chi connectivity index (χ4n) is 2.64. The van der Waals surface area contributed by atoms with Crippen molar-refractivity contribution in [3.8, 4) is 0 Å². The maximum Gasteiger partial charge on any atom is 0.241 e. The number of hydrogen-bond acceptors (Lipinski definition) is 2. The van der Waals surface area contributed by atoms with E-state index in [9.17, 15) is 9.18 Å². The summed E-state index contributed by atoms with van der Waals surface area (Å²) in [4.78, 5) is 14.4. The molecule has 0 saturated carbocycles. The maximum absolute atomic E-state index is 13.5. The first kappa shape index (κ1) is 16.0. The summed E-state index contributed by atoms with van der Waals surface area (Å²) < 4.78 is 13.5. The summed E-state index contributed by atoms with van der Waals surface area (Å²) in [6.07, 6.45) is 0.524. The molecule has 1 saturated heterocycles. The highest BCUT2D eigenvalue weighted by Crippen LogP contribution is 2.29. The van der Waals surface area contributed by atoms with Gasteiger partial charge in [0.15, 0.2) is 0 Å². The minimum atomic E-state index is -0.265. The highest BCUT2D eigenvalue weighted by Gasteiger charge is 2.39. The van der Waals surface area contributed by atoms with E-state index in [1.54, 1.807) is 6.07 Å². The van der Waals surface area contributed by atoms with Crippen LogP contribution in [0.15, 0.2) is 24.3 Å². The van der Waals surface area contributed by atoms with Crippen molar-refractivity contribution < 1.29 is 9.18 Å². The van der Waals surface area contributed by atoms with Gasteiger partial charge in [0.1, 0.15) is 12.0 Å². The van der Waals surface area contributed by atoms with E-state index < -0.39 is 0 Å². The summed E-state index contributed by atoms with van der Waals surface area (Å²) in [5, 5.41) is 3.34. The van der Waals surface area contributed by atoms with Gasteiger partial charge in [0, 0.05) is 6.54 Å². The first-order valence-corrected chi connectivity index (χ1v) is 7.76. The zero-order chi connectivity index (χ0) is 15.6. The first-order valence-electron chi connectivity index (χ1n) is 7.76. The molecule has 0 bridgehead atoms. The van der Waals surface area contributed by atoms with Crippen LogP contribution in [0.5, 0.6) is 0 Å². The van der Waals surface area contributed by atoms with Gasteiger partial charge in [-0.15, -0.1) is 0 Å². The second-order valence-electron chi connectivity index (χ2n) is 6.30. The number of benzene rings is 1. The van der Waals surface area contributed by atoms with E-state index in [1.807, 2.05) is 17.9 Å². The Labute approximate surface area is 126 Å². The molecule has 1 aliphatic heterocycles. The number of carbonyl (C=O) groups excluding carboxylic acids is 1. The molecule has 4 heteroatoms. The molecule has 1 heterocycles. The van der Waals surface area contributed by atoms with Gasteiger partial charge in [-0.3, -0.25) is 10.1 Å². The maximum atomic E-state index is 13.5. The van der Waals surface area contributed by atoms with E-state index in [4.69, 9.17) is 0 Å². The minimum absolute atomic E-state index is 0.124. The Morgan fingerprint density at radius 1 is 1.33 bits per heavy atom. The van der Waals surface area contributed by atoms with Crippen LogP contribution in [0.25, 0.3) is 0 Å². The lowest BCUT2D eigenvalue weighted by molar-refractivity contribution is -0.130. The molecule has 3 atom stereocenters. The standard InChI is InChI=1S/C17H25FN2O/c1-5-15-17(21)20(10-12(4)11(2)3)16(19-15)13-7-6-8-14(18)9-13/h6-9,11-12,15-16,19H,5,10H2,1-4H3. The number of rotatable bonds is 5. The smallest absolute Gasteiger partial charge is 0.241 e. The Bertz CT molecular complexity index is 503.